The molecule has 2 rings (SSSR count). The highest BCUT2D eigenvalue weighted by Crippen LogP contribution is 2.39. The maximum Gasteiger partial charge on any atom is 0.417 e. The van der Waals surface area contributed by atoms with E-state index >= 15 is 0 Å². The van der Waals surface area contributed by atoms with Crippen molar-refractivity contribution >= 4 is 5.69 Å². The molecule has 1 nitrogen and oxygen atoms in total. The summed E-state index contributed by atoms with van der Waals surface area (Å²) in [6.07, 6.45) is -9.35. The summed E-state index contributed by atoms with van der Waals surface area (Å²) in [4.78, 5) is 0. The number of rotatable bonds is 1. The SMILES string of the molecule is Nc1cc(-c2ccccc2C(F)(F)F)cc(C(F)(F)F)c1. The van der Waals surface area contributed by atoms with E-state index in [0.717, 1.165) is 18.2 Å². The van der Waals surface area contributed by atoms with Crippen molar-refractivity contribution in [1.29, 1.82) is 0 Å². The van der Waals surface area contributed by atoms with Gasteiger partial charge in [0.15, 0.2) is 0 Å². The minimum Gasteiger partial charge on any atom is -0.399 e. The maximum atomic E-state index is 12.9. The normalized spacial score (nSPS) is 12.5. The highest BCUT2D eigenvalue weighted by atomic mass is 19.4. The number of halogens is 6. The summed E-state index contributed by atoms with van der Waals surface area (Å²) < 4.78 is 76.9. The van der Waals surface area contributed by atoms with E-state index in [4.69, 9.17) is 5.73 Å². The van der Waals surface area contributed by atoms with Crippen molar-refractivity contribution in [1.82, 2.24) is 0 Å². The second-order valence-electron chi connectivity index (χ2n) is 4.38. The molecule has 112 valence electrons. The van der Waals surface area contributed by atoms with Crippen molar-refractivity contribution in [2.75, 3.05) is 5.73 Å². The van der Waals surface area contributed by atoms with Crippen LogP contribution in [-0.2, 0) is 12.4 Å². The Morgan fingerprint density at radius 2 is 1.38 bits per heavy atom. The Balaban J connectivity index is 2.66. The van der Waals surface area contributed by atoms with Gasteiger partial charge in [0.1, 0.15) is 0 Å². The largest absolute Gasteiger partial charge is 0.417 e. The van der Waals surface area contributed by atoms with Crippen molar-refractivity contribution in [3.8, 4) is 11.1 Å². The number of nitrogens with two attached hydrogens (primary N) is 1. The van der Waals surface area contributed by atoms with Crippen LogP contribution < -0.4 is 5.73 Å². The molecule has 0 fully saturated rings. The summed E-state index contributed by atoms with van der Waals surface area (Å²) in [6, 6.07) is 6.83. The molecule has 0 saturated heterocycles. The van der Waals surface area contributed by atoms with Gasteiger partial charge < -0.3 is 5.73 Å². The number of benzene rings is 2. The zero-order valence-corrected chi connectivity index (χ0v) is 10.4. The minimum absolute atomic E-state index is 0.227. The number of hydrogen-bond donors (Lipinski definition) is 1. The fourth-order valence-electron chi connectivity index (χ4n) is 1.95. The van der Waals surface area contributed by atoms with Gasteiger partial charge in [-0.3, -0.25) is 0 Å². The van der Waals surface area contributed by atoms with Crippen molar-refractivity contribution in [3.63, 3.8) is 0 Å². The van der Waals surface area contributed by atoms with Crippen molar-refractivity contribution < 1.29 is 26.3 Å². The van der Waals surface area contributed by atoms with Gasteiger partial charge in [0.25, 0.3) is 0 Å². The summed E-state index contributed by atoms with van der Waals surface area (Å²) in [6.45, 7) is 0. The van der Waals surface area contributed by atoms with E-state index in [1.807, 2.05) is 0 Å². The standard InChI is InChI=1S/C14H9F6N/c15-13(16,17)9-5-8(6-10(21)7-9)11-3-1-2-4-12(11)14(18,19)20/h1-7H,21H2. The lowest BCUT2D eigenvalue weighted by molar-refractivity contribution is -0.137. The summed E-state index contributed by atoms with van der Waals surface area (Å²) in [5.41, 5.74) is 2.45. The van der Waals surface area contributed by atoms with E-state index in [1.54, 1.807) is 0 Å². The molecule has 2 N–H and O–H groups in total. The molecule has 0 aliphatic rings. The third kappa shape index (κ3) is 3.29. The predicted octanol–water partition coefficient (Wildman–Crippen LogP) is 4.97. The first-order chi connectivity index (χ1) is 9.59. The van der Waals surface area contributed by atoms with Gasteiger partial charge in [-0.25, -0.2) is 0 Å². The van der Waals surface area contributed by atoms with Crippen LogP contribution in [0.25, 0.3) is 11.1 Å². The molecule has 0 aromatic heterocycles. The lowest BCUT2D eigenvalue weighted by Crippen LogP contribution is -2.09. The third-order valence-corrected chi connectivity index (χ3v) is 2.83. The first-order valence-electron chi connectivity index (χ1n) is 5.73. The smallest absolute Gasteiger partial charge is 0.399 e. The molecule has 0 heterocycles. The Hall–Kier alpha value is -2.18. The second kappa shape index (κ2) is 4.98. The van der Waals surface area contributed by atoms with Crippen LogP contribution in [0.2, 0.25) is 0 Å². The summed E-state index contributed by atoms with van der Waals surface area (Å²) in [7, 11) is 0. The van der Waals surface area contributed by atoms with Crippen molar-refractivity contribution in [2.45, 2.75) is 12.4 Å². The van der Waals surface area contributed by atoms with Crippen LogP contribution in [0.1, 0.15) is 11.1 Å². The fraction of sp³-hybridized carbons (Fsp3) is 0.143. The molecule has 0 bridgehead atoms. The van der Waals surface area contributed by atoms with Gasteiger partial charge in [0.2, 0.25) is 0 Å². The topological polar surface area (TPSA) is 26.0 Å². The Morgan fingerprint density at radius 3 is 1.95 bits per heavy atom. The average Bonchev–Trinajstić information content (AvgIpc) is 2.36. The molecule has 21 heavy (non-hydrogen) atoms. The number of alkyl halides is 6. The van der Waals surface area contributed by atoms with Gasteiger partial charge in [0.05, 0.1) is 11.1 Å². The van der Waals surface area contributed by atoms with Crippen LogP contribution in [0.4, 0.5) is 32.0 Å². The predicted molar refractivity (Wildman–Crippen MR) is 66.3 cm³/mol. The molecule has 7 heteroatoms. The maximum absolute atomic E-state index is 12.9. The fourth-order valence-corrected chi connectivity index (χ4v) is 1.95. The number of anilines is 1. The van der Waals surface area contributed by atoms with Gasteiger partial charge in [-0.05, 0) is 35.4 Å². The minimum atomic E-state index is -4.68. The molecule has 0 aliphatic carbocycles. The first-order valence-corrected chi connectivity index (χ1v) is 5.73. The molecular formula is C14H9F6N. The molecule has 2 aromatic rings. The molecule has 0 aliphatic heterocycles. The van der Waals surface area contributed by atoms with Gasteiger partial charge >= 0.3 is 12.4 Å². The Bertz CT molecular complexity index is 657. The number of hydrogen-bond acceptors (Lipinski definition) is 1. The van der Waals surface area contributed by atoms with Crippen LogP contribution in [-0.4, -0.2) is 0 Å². The van der Waals surface area contributed by atoms with Crippen LogP contribution in [0.3, 0.4) is 0 Å². The van der Waals surface area contributed by atoms with E-state index < -0.39 is 23.5 Å². The molecule has 0 radical (unpaired) electrons. The van der Waals surface area contributed by atoms with Crippen molar-refractivity contribution in [3.05, 3.63) is 53.6 Å². The van der Waals surface area contributed by atoms with Gasteiger partial charge in [-0.2, -0.15) is 26.3 Å². The second-order valence-corrected chi connectivity index (χ2v) is 4.38. The van der Waals surface area contributed by atoms with E-state index in [2.05, 4.69) is 0 Å². The van der Waals surface area contributed by atoms with Crippen LogP contribution in [0, 0.1) is 0 Å². The van der Waals surface area contributed by atoms with E-state index in [0.29, 0.717) is 12.1 Å². The zero-order valence-electron chi connectivity index (χ0n) is 10.4. The Labute approximate surface area is 116 Å². The average molecular weight is 305 g/mol. The quantitative estimate of drug-likeness (QED) is 0.584. The summed E-state index contributed by atoms with van der Waals surface area (Å²) >= 11 is 0. The lowest BCUT2D eigenvalue weighted by atomic mass is 9.97. The lowest BCUT2D eigenvalue weighted by Gasteiger charge is -2.15. The Kier molecular flexibility index (Phi) is 3.61. The van der Waals surface area contributed by atoms with Crippen LogP contribution >= 0.6 is 0 Å². The van der Waals surface area contributed by atoms with E-state index in [9.17, 15) is 26.3 Å². The van der Waals surface area contributed by atoms with Crippen molar-refractivity contribution in [2.24, 2.45) is 0 Å². The van der Waals surface area contributed by atoms with Crippen LogP contribution in [0.5, 0.6) is 0 Å². The van der Waals surface area contributed by atoms with Gasteiger partial charge in [0, 0.05) is 5.69 Å². The molecule has 0 saturated carbocycles. The number of nitrogen functional groups attached to an aromatic ring is 1. The monoisotopic (exact) mass is 305 g/mol. The van der Waals surface area contributed by atoms with E-state index in [-0.39, 0.29) is 16.8 Å². The first kappa shape index (κ1) is 15.2. The highest BCUT2D eigenvalue weighted by molar-refractivity contribution is 5.72. The van der Waals surface area contributed by atoms with Gasteiger partial charge in [-0.1, -0.05) is 18.2 Å². The molecule has 2 aromatic carbocycles. The molecule has 0 spiro atoms. The summed E-state index contributed by atoms with van der Waals surface area (Å²) in [5, 5.41) is 0. The third-order valence-electron chi connectivity index (χ3n) is 2.83. The zero-order chi connectivity index (χ0) is 15.8. The molecular weight excluding hydrogens is 296 g/mol. The molecule has 0 amide bonds. The highest BCUT2D eigenvalue weighted by Gasteiger charge is 2.35. The van der Waals surface area contributed by atoms with E-state index in [1.165, 1.54) is 12.1 Å². The Morgan fingerprint density at radius 1 is 0.762 bits per heavy atom. The molecule has 0 atom stereocenters. The molecule has 0 unspecified atom stereocenters. The van der Waals surface area contributed by atoms with Gasteiger partial charge in [-0.15, -0.1) is 0 Å². The summed E-state index contributed by atoms with van der Waals surface area (Å²) in [5.74, 6) is 0. The van der Waals surface area contributed by atoms with Crippen LogP contribution in [0.15, 0.2) is 42.5 Å².